The van der Waals surface area contributed by atoms with E-state index in [9.17, 15) is 8.42 Å². The van der Waals surface area contributed by atoms with Crippen molar-refractivity contribution < 1.29 is 8.42 Å². The molecule has 0 aliphatic rings. The molecule has 0 bridgehead atoms. The average molecular weight is 395 g/mol. The molecule has 1 aromatic heterocycles. The average Bonchev–Trinajstić information content (AvgIpc) is 2.73. The zero-order valence-corrected chi connectivity index (χ0v) is 14.9. The number of rotatable bonds is 4. The molecular formula is C13H13BrClNO2S2. The van der Waals surface area contributed by atoms with Crippen molar-refractivity contribution in [3.8, 4) is 0 Å². The van der Waals surface area contributed by atoms with Crippen molar-refractivity contribution in [1.29, 1.82) is 0 Å². The van der Waals surface area contributed by atoms with Gasteiger partial charge in [0.2, 0.25) is 0 Å². The van der Waals surface area contributed by atoms with Crippen LogP contribution in [0.25, 0.3) is 0 Å². The molecule has 0 spiro atoms. The predicted molar refractivity (Wildman–Crippen MR) is 86.9 cm³/mol. The van der Waals surface area contributed by atoms with Crippen molar-refractivity contribution in [2.75, 3.05) is 7.05 Å². The molecular weight excluding hydrogens is 382 g/mol. The summed E-state index contributed by atoms with van der Waals surface area (Å²) in [7, 11) is -1.94. The maximum Gasteiger partial charge on any atom is 0.252 e. The van der Waals surface area contributed by atoms with Gasteiger partial charge in [0.1, 0.15) is 4.21 Å². The van der Waals surface area contributed by atoms with Crippen LogP contribution in [0.15, 0.2) is 38.3 Å². The largest absolute Gasteiger partial charge is 0.252 e. The number of hydrogen-bond donors (Lipinski definition) is 0. The van der Waals surface area contributed by atoms with Crippen molar-refractivity contribution in [2.24, 2.45) is 0 Å². The first-order valence-electron chi connectivity index (χ1n) is 5.78. The molecule has 0 radical (unpaired) electrons. The summed E-state index contributed by atoms with van der Waals surface area (Å²) in [5, 5.41) is 0.568. The molecule has 108 valence electrons. The zero-order chi connectivity index (χ0) is 14.9. The number of hydrogen-bond acceptors (Lipinski definition) is 3. The summed E-state index contributed by atoms with van der Waals surface area (Å²) < 4.78 is 27.4. The molecule has 0 unspecified atom stereocenters. The summed E-state index contributed by atoms with van der Waals surface area (Å²) in [4.78, 5) is 0. The van der Waals surface area contributed by atoms with Gasteiger partial charge in [0, 0.05) is 18.6 Å². The lowest BCUT2D eigenvalue weighted by Crippen LogP contribution is -2.25. The third-order valence-electron chi connectivity index (χ3n) is 2.85. The molecule has 1 aromatic carbocycles. The quantitative estimate of drug-likeness (QED) is 0.775. The number of aryl methyl sites for hydroxylation is 1. The Morgan fingerprint density at radius 3 is 2.55 bits per heavy atom. The number of halogens is 2. The highest BCUT2D eigenvalue weighted by molar-refractivity contribution is 9.11. The topological polar surface area (TPSA) is 37.4 Å². The molecule has 0 aliphatic carbocycles. The second kappa shape index (κ2) is 6.15. The monoisotopic (exact) mass is 393 g/mol. The number of sulfonamides is 1. The zero-order valence-electron chi connectivity index (χ0n) is 10.9. The highest BCUT2D eigenvalue weighted by Crippen LogP contribution is 2.32. The van der Waals surface area contributed by atoms with E-state index in [4.69, 9.17) is 11.6 Å². The second-order valence-corrected chi connectivity index (χ2v) is 9.42. The molecule has 0 aliphatic heterocycles. The smallest absolute Gasteiger partial charge is 0.206 e. The fraction of sp³-hybridized carbons (Fsp3) is 0.231. The summed E-state index contributed by atoms with van der Waals surface area (Å²) in [6.07, 6.45) is 0. The minimum absolute atomic E-state index is 0.247. The summed E-state index contributed by atoms with van der Waals surface area (Å²) >= 11 is 10.6. The number of thiophene rings is 1. The van der Waals surface area contributed by atoms with Gasteiger partial charge in [-0.3, -0.25) is 0 Å². The van der Waals surface area contributed by atoms with Gasteiger partial charge in [-0.2, -0.15) is 4.31 Å². The molecule has 20 heavy (non-hydrogen) atoms. The molecule has 0 atom stereocenters. The second-order valence-electron chi connectivity index (χ2n) is 4.37. The Hall–Kier alpha value is -0.400. The molecule has 0 fully saturated rings. The van der Waals surface area contributed by atoms with Crippen LogP contribution in [0.2, 0.25) is 5.02 Å². The maximum atomic E-state index is 12.5. The van der Waals surface area contributed by atoms with Crippen LogP contribution in [-0.4, -0.2) is 19.8 Å². The van der Waals surface area contributed by atoms with E-state index in [1.54, 1.807) is 19.2 Å². The highest BCUT2D eigenvalue weighted by Gasteiger charge is 2.24. The van der Waals surface area contributed by atoms with Crippen LogP contribution in [0, 0.1) is 6.92 Å². The first kappa shape index (κ1) is 16.0. The molecule has 0 N–H and O–H groups in total. The molecule has 0 saturated carbocycles. The van der Waals surface area contributed by atoms with Gasteiger partial charge in [-0.1, -0.05) is 29.8 Å². The van der Waals surface area contributed by atoms with Crippen LogP contribution in [0.4, 0.5) is 0 Å². The van der Waals surface area contributed by atoms with Crippen molar-refractivity contribution in [3.63, 3.8) is 0 Å². The van der Waals surface area contributed by atoms with Gasteiger partial charge in [-0.05, 0) is 46.1 Å². The van der Waals surface area contributed by atoms with Gasteiger partial charge >= 0.3 is 0 Å². The van der Waals surface area contributed by atoms with E-state index in [1.165, 1.54) is 15.6 Å². The molecule has 0 amide bonds. The minimum atomic E-state index is -3.49. The first-order valence-corrected chi connectivity index (χ1v) is 9.21. The number of benzene rings is 1. The van der Waals surface area contributed by atoms with Crippen molar-refractivity contribution in [1.82, 2.24) is 4.31 Å². The van der Waals surface area contributed by atoms with Crippen molar-refractivity contribution in [2.45, 2.75) is 17.7 Å². The van der Waals surface area contributed by atoms with Crippen LogP contribution in [0.5, 0.6) is 0 Å². The fourth-order valence-electron chi connectivity index (χ4n) is 1.66. The predicted octanol–water partition coefficient (Wildman–Crippen LogP) is 4.29. The van der Waals surface area contributed by atoms with E-state index >= 15 is 0 Å². The Balaban J connectivity index is 2.28. The molecule has 0 saturated heterocycles. The molecule has 2 aromatic rings. The fourth-order valence-corrected chi connectivity index (χ4v) is 5.45. The van der Waals surface area contributed by atoms with Crippen LogP contribution < -0.4 is 0 Å². The van der Waals surface area contributed by atoms with Gasteiger partial charge in [-0.15, -0.1) is 11.3 Å². The third kappa shape index (κ3) is 3.26. The lowest BCUT2D eigenvalue weighted by molar-refractivity contribution is 0.468. The van der Waals surface area contributed by atoms with Crippen molar-refractivity contribution >= 4 is 48.9 Å². The summed E-state index contributed by atoms with van der Waals surface area (Å²) in [6.45, 7) is 2.12. The summed E-state index contributed by atoms with van der Waals surface area (Å²) in [5.74, 6) is 0. The number of nitrogens with zero attached hydrogens (tertiary/aromatic N) is 1. The lowest BCUT2D eigenvalue weighted by Gasteiger charge is -2.16. The first-order chi connectivity index (χ1) is 9.32. The van der Waals surface area contributed by atoms with E-state index in [1.807, 2.05) is 25.1 Å². The van der Waals surface area contributed by atoms with Crippen LogP contribution >= 0.6 is 38.9 Å². The SMILES string of the molecule is Cc1cc(S(=O)(=O)N(C)Cc2ccccc2Cl)sc1Br. The van der Waals surface area contributed by atoms with Crippen LogP contribution in [-0.2, 0) is 16.6 Å². The summed E-state index contributed by atoms with van der Waals surface area (Å²) in [6, 6.07) is 8.91. The molecule has 1 heterocycles. The lowest BCUT2D eigenvalue weighted by atomic mass is 10.2. The molecule has 7 heteroatoms. The highest BCUT2D eigenvalue weighted by atomic mass is 79.9. The van der Waals surface area contributed by atoms with E-state index in [2.05, 4.69) is 15.9 Å². The van der Waals surface area contributed by atoms with E-state index < -0.39 is 10.0 Å². The Morgan fingerprint density at radius 2 is 2.00 bits per heavy atom. The molecule has 2 rings (SSSR count). The minimum Gasteiger partial charge on any atom is -0.206 e. The Morgan fingerprint density at radius 1 is 1.35 bits per heavy atom. The Labute approximate surface area is 136 Å². The van der Waals surface area contributed by atoms with Gasteiger partial charge in [0.05, 0.1) is 3.79 Å². The van der Waals surface area contributed by atoms with E-state index in [0.717, 1.165) is 14.9 Å². The van der Waals surface area contributed by atoms with Crippen molar-refractivity contribution in [3.05, 3.63) is 50.3 Å². The van der Waals surface area contributed by atoms with Crippen LogP contribution in [0.3, 0.4) is 0 Å². The van der Waals surface area contributed by atoms with Gasteiger partial charge in [0.15, 0.2) is 0 Å². The summed E-state index contributed by atoms with van der Waals surface area (Å²) in [5.41, 5.74) is 1.70. The van der Waals surface area contributed by atoms with Gasteiger partial charge < -0.3 is 0 Å². The van der Waals surface area contributed by atoms with Gasteiger partial charge in [-0.25, -0.2) is 8.42 Å². The Kier molecular flexibility index (Phi) is 4.92. The molecule has 3 nitrogen and oxygen atoms in total. The van der Waals surface area contributed by atoms with E-state index in [-0.39, 0.29) is 6.54 Å². The van der Waals surface area contributed by atoms with E-state index in [0.29, 0.717) is 9.23 Å². The van der Waals surface area contributed by atoms with Crippen LogP contribution in [0.1, 0.15) is 11.1 Å². The van der Waals surface area contributed by atoms with Gasteiger partial charge in [0.25, 0.3) is 10.0 Å². The maximum absolute atomic E-state index is 12.5. The Bertz CT molecular complexity index is 708. The normalized spacial score (nSPS) is 12.1. The standard InChI is InChI=1S/C13H13BrClNO2S2/c1-9-7-12(19-13(9)14)20(17,18)16(2)8-10-5-3-4-6-11(10)15/h3-7H,8H2,1-2H3. The third-order valence-corrected chi connectivity index (χ3v) is 7.61.